The lowest BCUT2D eigenvalue weighted by atomic mass is 10.3. The number of nitrogens with one attached hydrogen (secondary N) is 1. The zero-order valence-electron chi connectivity index (χ0n) is 9.01. The van der Waals surface area contributed by atoms with E-state index < -0.39 is 0 Å². The minimum Gasteiger partial charge on any atom is -0.384 e. The van der Waals surface area contributed by atoms with E-state index in [-0.39, 0.29) is 5.56 Å². The van der Waals surface area contributed by atoms with E-state index in [4.69, 9.17) is 0 Å². The van der Waals surface area contributed by atoms with Gasteiger partial charge in [0, 0.05) is 12.6 Å². The molecular formula is C11H13N3OS. The van der Waals surface area contributed by atoms with Gasteiger partial charge in [0.05, 0.1) is 18.4 Å². The molecule has 0 saturated heterocycles. The normalized spacial score (nSPS) is 10.3. The molecule has 2 aromatic rings. The van der Waals surface area contributed by atoms with Crippen molar-refractivity contribution in [2.24, 2.45) is 0 Å². The van der Waals surface area contributed by atoms with Gasteiger partial charge in [-0.15, -0.1) is 0 Å². The van der Waals surface area contributed by atoms with Crippen LogP contribution in [0.5, 0.6) is 0 Å². The fourth-order valence-corrected chi connectivity index (χ4v) is 2.07. The van der Waals surface area contributed by atoms with Crippen molar-refractivity contribution in [1.29, 1.82) is 0 Å². The molecule has 1 N–H and O–H groups in total. The number of aromatic nitrogens is 2. The van der Waals surface area contributed by atoms with Crippen LogP contribution < -0.4 is 10.9 Å². The van der Waals surface area contributed by atoms with E-state index in [0.29, 0.717) is 6.54 Å². The molecule has 0 bridgehead atoms. The highest BCUT2D eigenvalue weighted by Crippen LogP contribution is 2.06. The maximum atomic E-state index is 11.7. The third-order valence-corrected chi connectivity index (χ3v) is 2.89. The first kappa shape index (κ1) is 10.9. The standard InChI is InChI=1S/C11H13N3OS/c1-2-12-10-5-11(15)14(13-6-10)7-9-3-4-16-8-9/h3-6,8,12H,2,7H2,1H3. The zero-order valence-corrected chi connectivity index (χ0v) is 9.83. The molecule has 16 heavy (non-hydrogen) atoms. The molecule has 0 aliphatic rings. The van der Waals surface area contributed by atoms with E-state index in [1.54, 1.807) is 23.6 Å². The summed E-state index contributed by atoms with van der Waals surface area (Å²) in [5.74, 6) is 0. The summed E-state index contributed by atoms with van der Waals surface area (Å²) in [6, 6.07) is 3.57. The molecule has 0 saturated carbocycles. The minimum absolute atomic E-state index is 0.0790. The lowest BCUT2D eigenvalue weighted by molar-refractivity contribution is 0.641. The van der Waals surface area contributed by atoms with E-state index in [9.17, 15) is 4.79 Å². The van der Waals surface area contributed by atoms with Crippen LogP contribution in [-0.2, 0) is 6.54 Å². The molecule has 0 spiro atoms. The van der Waals surface area contributed by atoms with Gasteiger partial charge in [-0.2, -0.15) is 16.4 Å². The SMILES string of the molecule is CCNc1cnn(Cc2ccsc2)c(=O)c1. The van der Waals surface area contributed by atoms with E-state index in [0.717, 1.165) is 17.8 Å². The van der Waals surface area contributed by atoms with Crippen molar-refractivity contribution in [3.63, 3.8) is 0 Å². The molecule has 0 radical (unpaired) electrons. The van der Waals surface area contributed by atoms with Crippen LogP contribution in [0.4, 0.5) is 5.69 Å². The molecule has 84 valence electrons. The van der Waals surface area contributed by atoms with Gasteiger partial charge < -0.3 is 5.32 Å². The average molecular weight is 235 g/mol. The minimum atomic E-state index is -0.0790. The first-order valence-electron chi connectivity index (χ1n) is 5.11. The van der Waals surface area contributed by atoms with Crippen LogP contribution in [0.1, 0.15) is 12.5 Å². The van der Waals surface area contributed by atoms with Crippen molar-refractivity contribution in [2.45, 2.75) is 13.5 Å². The van der Waals surface area contributed by atoms with Gasteiger partial charge in [0.2, 0.25) is 0 Å². The Morgan fingerprint density at radius 3 is 3.06 bits per heavy atom. The first-order valence-corrected chi connectivity index (χ1v) is 6.06. The summed E-state index contributed by atoms with van der Waals surface area (Å²) in [4.78, 5) is 11.7. The molecule has 2 aromatic heterocycles. The Bertz CT molecular complexity index is 504. The molecule has 2 heterocycles. The van der Waals surface area contributed by atoms with Crippen molar-refractivity contribution >= 4 is 17.0 Å². The zero-order chi connectivity index (χ0) is 11.4. The van der Waals surface area contributed by atoms with Crippen LogP contribution in [-0.4, -0.2) is 16.3 Å². The second-order valence-electron chi connectivity index (χ2n) is 3.40. The number of hydrogen-bond donors (Lipinski definition) is 1. The Balaban J connectivity index is 2.20. The van der Waals surface area contributed by atoms with Crippen LogP contribution in [0, 0.1) is 0 Å². The fraction of sp³-hybridized carbons (Fsp3) is 0.273. The summed E-state index contributed by atoms with van der Waals surface area (Å²) < 4.78 is 1.46. The molecule has 0 unspecified atom stereocenters. The van der Waals surface area contributed by atoms with E-state index in [2.05, 4.69) is 10.4 Å². The maximum absolute atomic E-state index is 11.7. The second-order valence-corrected chi connectivity index (χ2v) is 4.18. The van der Waals surface area contributed by atoms with E-state index in [1.807, 2.05) is 23.8 Å². The lowest BCUT2D eigenvalue weighted by Crippen LogP contribution is -2.22. The third-order valence-electron chi connectivity index (χ3n) is 2.16. The summed E-state index contributed by atoms with van der Waals surface area (Å²) in [5, 5.41) is 11.2. The Morgan fingerprint density at radius 1 is 1.56 bits per heavy atom. The van der Waals surface area contributed by atoms with Gasteiger partial charge >= 0.3 is 0 Å². The van der Waals surface area contributed by atoms with Gasteiger partial charge in [-0.1, -0.05) is 0 Å². The van der Waals surface area contributed by atoms with Gasteiger partial charge in [-0.3, -0.25) is 4.79 Å². The van der Waals surface area contributed by atoms with Crippen LogP contribution >= 0.6 is 11.3 Å². The summed E-state index contributed by atoms with van der Waals surface area (Å²) >= 11 is 1.62. The number of hydrogen-bond acceptors (Lipinski definition) is 4. The topological polar surface area (TPSA) is 46.9 Å². The smallest absolute Gasteiger partial charge is 0.269 e. The molecule has 0 amide bonds. The average Bonchev–Trinajstić information content (AvgIpc) is 2.75. The predicted molar refractivity (Wildman–Crippen MR) is 66.1 cm³/mol. The van der Waals surface area contributed by atoms with E-state index >= 15 is 0 Å². The van der Waals surface area contributed by atoms with Crippen molar-refractivity contribution in [1.82, 2.24) is 9.78 Å². The molecule has 0 atom stereocenters. The molecule has 0 aromatic carbocycles. The van der Waals surface area contributed by atoms with Crippen LogP contribution in [0.15, 0.2) is 33.9 Å². The highest BCUT2D eigenvalue weighted by molar-refractivity contribution is 7.07. The lowest BCUT2D eigenvalue weighted by Gasteiger charge is -2.05. The highest BCUT2D eigenvalue weighted by atomic mass is 32.1. The summed E-state index contributed by atoms with van der Waals surface area (Å²) in [7, 11) is 0. The Kier molecular flexibility index (Phi) is 3.36. The largest absolute Gasteiger partial charge is 0.384 e. The molecule has 0 aliphatic carbocycles. The maximum Gasteiger partial charge on any atom is 0.269 e. The molecule has 4 nitrogen and oxygen atoms in total. The van der Waals surface area contributed by atoms with Gasteiger partial charge in [0.15, 0.2) is 0 Å². The third kappa shape index (κ3) is 2.49. The van der Waals surface area contributed by atoms with Crippen molar-refractivity contribution in [3.05, 3.63) is 45.0 Å². The predicted octanol–water partition coefficient (Wildman–Crippen LogP) is 1.78. The summed E-state index contributed by atoms with van der Waals surface area (Å²) in [6.45, 7) is 3.31. The molecular weight excluding hydrogens is 222 g/mol. The first-order chi connectivity index (χ1) is 7.79. The molecule has 2 rings (SSSR count). The number of anilines is 1. The number of nitrogens with zero attached hydrogens (tertiary/aromatic N) is 2. The van der Waals surface area contributed by atoms with Crippen LogP contribution in [0.25, 0.3) is 0 Å². The Labute approximate surface area is 97.6 Å². The van der Waals surface area contributed by atoms with Crippen molar-refractivity contribution in [2.75, 3.05) is 11.9 Å². The Hall–Kier alpha value is -1.62. The molecule has 0 aliphatic heterocycles. The van der Waals surface area contributed by atoms with E-state index in [1.165, 1.54) is 4.68 Å². The fourth-order valence-electron chi connectivity index (χ4n) is 1.41. The van der Waals surface area contributed by atoms with Crippen molar-refractivity contribution in [3.8, 4) is 0 Å². The van der Waals surface area contributed by atoms with Gasteiger partial charge in [0.25, 0.3) is 5.56 Å². The number of thiophene rings is 1. The summed E-state index contributed by atoms with van der Waals surface area (Å²) in [5.41, 5.74) is 1.80. The monoisotopic (exact) mass is 235 g/mol. The van der Waals surface area contributed by atoms with Crippen LogP contribution in [0.2, 0.25) is 0 Å². The Morgan fingerprint density at radius 2 is 2.44 bits per heavy atom. The summed E-state index contributed by atoms with van der Waals surface area (Å²) in [6.07, 6.45) is 1.68. The quantitative estimate of drug-likeness (QED) is 0.878. The second kappa shape index (κ2) is 4.94. The molecule has 5 heteroatoms. The highest BCUT2D eigenvalue weighted by Gasteiger charge is 2.00. The van der Waals surface area contributed by atoms with Crippen LogP contribution in [0.3, 0.4) is 0 Å². The van der Waals surface area contributed by atoms with Gasteiger partial charge in [-0.25, -0.2) is 4.68 Å². The van der Waals surface area contributed by atoms with Gasteiger partial charge in [-0.05, 0) is 29.3 Å². The number of rotatable bonds is 4. The van der Waals surface area contributed by atoms with Crippen molar-refractivity contribution < 1.29 is 0 Å². The molecule has 0 fully saturated rings. The van der Waals surface area contributed by atoms with Gasteiger partial charge in [0.1, 0.15) is 0 Å².